The normalized spacial score (nSPS) is 12.4. The molecule has 1 N–H and O–H groups in total. The molecule has 1 aromatic carbocycles. The first-order valence-corrected chi connectivity index (χ1v) is 5.60. The van der Waals surface area contributed by atoms with Crippen LogP contribution in [-0.2, 0) is 6.42 Å². The minimum Gasteiger partial charge on any atom is -0.388 e. The number of aryl methyl sites for hydroxylation is 1. The van der Waals surface area contributed by atoms with Crippen molar-refractivity contribution in [3.8, 4) is 0 Å². The van der Waals surface area contributed by atoms with E-state index in [9.17, 15) is 13.9 Å². The molecule has 0 bridgehead atoms. The number of hydrogen-bond donors (Lipinski definition) is 1. The van der Waals surface area contributed by atoms with Gasteiger partial charge in [0.25, 0.3) is 0 Å². The molecule has 94 valence electrons. The molecule has 0 saturated carbocycles. The van der Waals surface area contributed by atoms with Gasteiger partial charge in [-0.1, -0.05) is 6.07 Å². The largest absolute Gasteiger partial charge is 0.388 e. The van der Waals surface area contributed by atoms with Gasteiger partial charge in [0.15, 0.2) is 0 Å². The molecule has 1 heterocycles. The third kappa shape index (κ3) is 2.71. The zero-order valence-electron chi connectivity index (χ0n) is 9.90. The van der Waals surface area contributed by atoms with Crippen LogP contribution in [-0.4, -0.2) is 10.1 Å². The van der Waals surface area contributed by atoms with E-state index in [1.165, 1.54) is 12.1 Å². The van der Waals surface area contributed by atoms with Gasteiger partial charge in [-0.2, -0.15) is 0 Å². The fraction of sp³-hybridized carbons (Fsp3) is 0.214. The first kappa shape index (κ1) is 12.6. The Labute approximate surface area is 104 Å². The van der Waals surface area contributed by atoms with Gasteiger partial charge in [-0.25, -0.2) is 8.78 Å². The van der Waals surface area contributed by atoms with Crippen LogP contribution in [0.1, 0.15) is 22.8 Å². The van der Waals surface area contributed by atoms with Crippen molar-refractivity contribution in [3.63, 3.8) is 0 Å². The molecule has 0 aliphatic heterocycles. The maximum Gasteiger partial charge on any atom is 0.129 e. The molecule has 1 unspecified atom stereocenters. The molecule has 0 aliphatic rings. The Morgan fingerprint density at radius 3 is 2.72 bits per heavy atom. The first-order chi connectivity index (χ1) is 8.58. The smallest absolute Gasteiger partial charge is 0.129 e. The second-order valence-corrected chi connectivity index (χ2v) is 4.19. The minimum atomic E-state index is -0.848. The summed E-state index contributed by atoms with van der Waals surface area (Å²) in [6.07, 6.45) is 2.43. The van der Waals surface area contributed by atoms with Gasteiger partial charge in [-0.3, -0.25) is 4.98 Å². The van der Waals surface area contributed by atoms with Crippen LogP contribution < -0.4 is 0 Å². The number of halogens is 2. The molecule has 0 saturated heterocycles. The Bertz CT molecular complexity index is 557. The Balaban J connectivity index is 2.21. The van der Waals surface area contributed by atoms with Gasteiger partial charge in [-0.05, 0) is 30.2 Å². The lowest BCUT2D eigenvalue weighted by Gasteiger charge is -2.13. The number of rotatable bonds is 3. The number of nitrogens with zero attached hydrogens (tertiary/aromatic N) is 1. The van der Waals surface area contributed by atoms with Gasteiger partial charge in [0.2, 0.25) is 0 Å². The lowest BCUT2D eigenvalue weighted by molar-refractivity contribution is 0.176. The summed E-state index contributed by atoms with van der Waals surface area (Å²) >= 11 is 0. The maximum atomic E-state index is 13.5. The van der Waals surface area contributed by atoms with E-state index in [0.29, 0.717) is 5.56 Å². The molecule has 0 aliphatic carbocycles. The number of aliphatic hydroxyl groups excluding tert-OH is 1. The number of aromatic nitrogens is 1. The summed E-state index contributed by atoms with van der Waals surface area (Å²) < 4.78 is 26.2. The highest BCUT2D eigenvalue weighted by Crippen LogP contribution is 2.22. The van der Waals surface area contributed by atoms with Crippen molar-refractivity contribution in [2.45, 2.75) is 19.4 Å². The van der Waals surface area contributed by atoms with E-state index < -0.39 is 17.7 Å². The Kier molecular flexibility index (Phi) is 3.67. The summed E-state index contributed by atoms with van der Waals surface area (Å²) in [5.41, 5.74) is 1.83. The lowest BCUT2D eigenvalue weighted by atomic mass is 9.99. The molecule has 0 fully saturated rings. The fourth-order valence-corrected chi connectivity index (χ4v) is 1.83. The Hall–Kier alpha value is -1.81. The molecule has 0 radical (unpaired) electrons. The standard InChI is InChI=1S/C14H13F2NO/c1-9-4-5-17-8-12(9)14(18)6-10-2-3-11(15)7-13(10)16/h2-5,7-8,14,18H,6H2,1H3. The average Bonchev–Trinajstić information content (AvgIpc) is 2.33. The van der Waals surface area contributed by atoms with Crippen molar-refractivity contribution in [2.75, 3.05) is 0 Å². The van der Waals surface area contributed by atoms with Gasteiger partial charge >= 0.3 is 0 Å². The van der Waals surface area contributed by atoms with Crippen LogP contribution in [0.25, 0.3) is 0 Å². The molecule has 1 atom stereocenters. The van der Waals surface area contributed by atoms with Gasteiger partial charge in [0, 0.05) is 30.4 Å². The van der Waals surface area contributed by atoms with Gasteiger partial charge in [-0.15, -0.1) is 0 Å². The van der Waals surface area contributed by atoms with Crippen LogP contribution in [0.5, 0.6) is 0 Å². The van der Waals surface area contributed by atoms with Crippen LogP contribution >= 0.6 is 0 Å². The summed E-state index contributed by atoms with van der Waals surface area (Å²) in [6.45, 7) is 1.85. The van der Waals surface area contributed by atoms with Crippen molar-refractivity contribution in [3.05, 3.63) is 65.0 Å². The van der Waals surface area contributed by atoms with Crippen molar-refractivity contribution < 1.29 is 13.9 Å². The van der Waals surface area contributed by atoms with Crippen molar-refractivity contribution in [2.24, 2.45) is 0 Å². The fourth-order valence-electron chi connectivity index (χ4n) is 1.83. The topological polar surface area (TPSA) is 33.1 Å². The van der Waals surface area contributed by atoms with Crippen molar-refractivity contribution in [1.29, 1.82) is 0 Å². The number of hydrogen-bond acceptors (Lipinski definition) is 2. The summed E-state index contributed by atoms with van der Waals surface area (Å²) in [7, 11) is 0. The Morgan fingerprint density at radius 1 is 1.28 bits per heavy atom. The second kappa shape index (κ2) is 5.23. The number of aliphatic hydroxyl groups is 1. The predicted molar refractivity (Wildman–Crippen MR) is 64.0 cm³/mol. The van der Waals surface area contributed by atoms with Crippen LogP contribution in [0, 0.1) is 18.6 Å². The predicted octanol–water partition coefficient (Wildman–Crippen LogP) is 2.94. The monoisotopic (exact) mass is 249 g/mol. The first-order valence-electron chi connectivity index (χ1n) is 5.60. The lowest BCUT2D eigenvalue weighted by Crippen LogP contribution is -2.06. The SMILES string of the molecule is Cc1ccncc1C(O)Cc1ccc(F)cc1F. The van der Waals surface area contributed by atoms with E-state index in [1.54, 1.807) is 18.5 Å². The summed E-state index contributed by atoms with van der Waals surface area (Å²) in [6, 6.07) is 5.12. The number of benzene rings is 1. The van der Waals surface area contributed by atoms with E-state index in [-0.39, 0.29) is 12.0 Å². The van der Waals surface area contributed by atoms with Crippen LogP contribution in [0.2, 0.25) is 0 Å². The molecular formula is C14H13F2NO. The highest BCUT2D eigenvalue weighted by atomic mass is 19.1. The summed E-state index contributed by atoms with van der Waals surface area (Å²) in [4.78, 5) is 3.93. The summed E-state index contributed by atoms with van der Waals surface area (Å²) in [5.74, 6) is -1.26. The van der Waals surface area contributed by atoms with Crippen LogP contribution in [0.15, 0.2) is 36.7 Å². The van der Waals surface area contributed by atoms with Crippen LogP contribution in [0.4, 0.5) is 8.78 Å². The maximum absolute atomic E-state index is 13.5. The van der Waals surface area contributed by atoms with E-state index in [2.05, 4.69) is 4.98 Å². The Morgan fingerprint density at radius 2 is 2.06 bits per heavy atom. The second-order valence-electron chi connectivity index (χ2n) is 4.19. The van der Waals surface area contributed by atoms with Crippen molar-refractivity contribution in [1.82, 2.24) is 4.98 Å². The molecule has 0 amide bonds. The number of pyridine rings is 1. The van der Waals surface area contributed by atoms with Gasteiger partial charge in [0.05, 0.1) is 6.10 Å². The van der Waals surface area contributed by atoms with E-state index in [0.717, 1.165) is 11.6 Å². The van der Waals surface area contributed by atoms with Crippen molar-refractivity contribution >= 4 is 0 Å². The summed E-state index contributed by atoms with van der Waals surface area (Å²) in [5, 5.41) is 10.0. The minimum absolute atomic E-state index is 0.0959. The highest BCUT2D eigenvalue weighted by Gasteiger charge is 2.14. The van der Waals surface area contributed by atoms with Gasteiger partial charge in [0.1, 0.15) is 11.6 Å². The third-order valence-electron chi connectivity index (χ3n) is 2.87. The molecule has 2 nitrogen and oxygen atoms in total. The molecule has 18 heavy (non-hydrogen) atoms. The molecule has 4 heteroatoms. The van der Waals surface area contributed by atoms with Crippen LogP contribution in [0.3, 0.4) is 0 Å². The zero-order chi connectivity index (χ0) is 13.1. The molecule has 2 aromatic rings. The van der Waals surface area contributed by atoms with Gasteiger partial charge < -0.3 is 5.11 Å². The van der Waals surface area contributed by atoms with E-state index in [4.69, 9.17) is 0 Å². The third-order valence-corrected chi connectivity index (χ3v) is 2.87. The quantitative estimate of drug-likeness (QED) is 0.907. The van der Waals surface area contributed by atoms with E-state index >= 15 is 0 Å². The molecule has 2 rings (SSSR count). The molecule has 0 spiro atoms. The van der Waals surface area contributed by atoms with E-state index in [1.807, 2.05) is 6.92 Å². The average molecular weight is 249 g/mol. The zero-order valence-corrected chi connectivity index (χ0v) is 9.90. The molecular weight excluding hydrogens is 236 g/mol. The molecule has 1 aromatic heterocycles. The highest BCUT2D eigenvalue weighted by molar-refractivity contribution is 5.27.